The summed E-state index contributed by atoms with van der Waals surface area (Å²) >= 11 is 5.35. The number of nitrogens with one attached hydrogen (secondary N) is 1. The fraction of sp³-hybridized carbons (Fsp3) is 0.200. The predicted octanol–water partition coefficient (Wildman–Crippen LogP) is 4.96. The minimum Gasteiger partial charge on any atom is -0.384 e. The van der Waals surface area contributed by atoms with Gasteiger partial charge >= 0.3 is 0 Å². The van der Waals surface area contributed by atoms with Crippen LogP contribution in [0.1, 0.15) is 5.56 Å². The number of halogens is 1. The van der Waals surface area contributed by atoms with E-state index in [0.717, 1.165) is 16.8 Å². The number of hydrogen-bond donors (Lipinski definition) is 1. The molecule has 0 spiro atoms. The molecule has 1 nitrogen and oxygen atoms in total. The summed E-state index contributed by atoms with van der Waals surface area (Å²) in [7, 11) is 0. The minimum atomic E-state index is 0.973. The van der Waals surface area contributed by atoms with Gasteiger partial charge in [-0.25, -0.2) is 0 Å². The summed E-state index contributed by atoms with van der Waals surface area (Å²) in [6.07, 6.45) is 0. The Kier molecular flexibility index (Phi) is 5.14. The van der Waals surface area contributed by atoms with Gasteiger partial charge in [-0.1, -0.05) is 34.1 Å². The Hall–Kier alpha value is -0.930. The molecular weight excluding hydrogens is 306 g/mol. The first-order valence-corrected chi connectivity index (χ1v) is 7.71. The van der Waals surface area contributed by atoms with Gasteiger partial charge in [0.25, 0.3) is 0 Å². The summed E-state index contributed by atoms with van der Waals surface area (Å²) in [5, 5.41) is 3.44. The van der Waals surface area contributed by atoms with Crippen LogP contribution in [0.4, 0.5) is 5.69 Å². The van der Waals surface area contributed by atoms with E-state index in [4.69, 9.17) is 0 Å². The van der Waals surface area contributed by atoms with E-state index in [-0.39, 0.29) is 0 Å². The van der Waals surface area contributed by atoms with Crippen molar-refractivity contribution in [2.45, 2.75) is 11.8 Å². The molecule has 0 aliphatic heterocycles. The second-order valence-electron chi connectivity index (χ2n) is 4.10. The van der Waals surface area contributed by atoms with Gasteiger partial charge in [0.15, 0.2) is 0 Å². The van der Waals surface area contributed by atoms with Crippen LogP contribution in [0.25, 0.3) is 0 Å². The molecule has 0 saturated heterocycles. The molecule has 0 aliphatic carbocycles. The molecule has 0 bridgehead atoms. The highest BCUT2D eigenvalue weighted by Crippen LogP contribution is 2.21. The van der Waals surface area contributed by atoms with Gasteiger partial charge in [-0.3, -0.25) is 0 Å². The molecule has 2 rings (SSSR count). The molecule has 0 unspecified atom stereocenters. The van der Waals surface area contributed by atoms with Gasteiger partial charge in [0.1, 0.15) is 0 Å². The predicted molar refractivity (Wildman–Crippen MR) is 84.5 cm³/mol. The molecule has 1 N–H and O–H groups in total. The summed E-state index contributed by atoms with van der Waals surface area (Å²) in [4.78, 5) is 1.30. The van der Waals surface area contributed by atoms with Crippen LogP contribution in [0.5, 0.6) is 0 Å². The average molecular weight is 322 g/mol. The molecular formula is C15H16BrNS. The molecule has 18 heavy (non-hydrogen) atoms. The Morgan fingerprint density at radius 1 is 1.11 bits per heavy atom. The Morgan fingerprint density at radius 2 is 1.94 bits per heavy atom. The van der Waals surface area contributed by atoms with Crippen LogP contribution < -0.4 is 5.32 Å². The molecule has 0 radical (unpaired) electrons. The molecule has 0 amide bonds. The third kappa shape index (κ3) is 4.39. The molecule has 0 fully saturated rings. The van der Waals surface area contributed by atoms with E-state index in [2.05, 4.69) is 76.7 Å². The first-order valence-electron chi connectivity index (χ1n) is 5.93. The van der Waals surface area contributed by atoms with E-state index in [1.165, 1.54) is 16.1 Å². The van der Waals surface area contributed by atoms with E-state index in [9.17, 15) is 0 Å². The Labute approximate surface area is 121 Å². The van der Waals surface area contributed by atoms with Crippen molar-refractivity contribution in [2.24, 2.45) is 0 Å². The maximum Gasteiger partial charge on any atom is 0.0343 e. The highest BCUT2D eigenvalue weighted by Gasteiger charge is 1.96. The van der Waals surface area contributed by atoms with Gasteiger partial charge in [0.05, 0.1) is 0 Å². The van der Waals surface area contributed by atoms with Crippen molar-refractivity contribution < 1.29 is 0 Å². The fourth-order valence-electron chi connectivity index (χ4n) is 1.68. The molecule has 0 atom stereocenters. The molecule has 94 valence electrons. The Bertz CT molecular complexity index is 466. The first kappa shape index (κ1) is 13.5. The van der Waals surface area contributed by atoms with E-state index < -0.39 is 0 Å². The molecule has 0 heterocycles. The monoisotopic (exact) mass is 321 g/mol. The molecule has 0 aliphatic rings. The van der Waals surface area contributed by atoms with Crippen molar-refractivity contribution in [3.63, 3.8) is 0 Å². The van der Waals surface area contributed by atoms with Gasteiger partial charge in [-0.2, -0.15) is 0 Å². The highest BCUT2D eigenvalue weighted by atomic mass is 79.9. The zero-order chi connectivity index (χ0) is 12.8. The van der Waals surface area contributed by atoms with Crippen LogP contribution in [0.2, 0.25) is 0 Å². The van der Waals surface area contributed by atoms with E-state index in [0.29, 0.717) is 0 Å². The topological polar surface area (TPSA) is 12.0 Å². The van der Waals surface area contributed by atoms with E-state index in [1.54, 1.807) is 0 Å². The quantitative estimate of drug-likeness (QED) is 0.617. The number of thioether (sulfide) groups is 1. The second-order valence-corrected chi connectivity index (χ2v) is 6.19. The van der Waals surface area contributed by atoms with Crippen molar-refractivity contribution in [1.82, 2.24) is 0 Å². The SMILES string of the molecule is Cc1cccc(NCCSc2cccc(Br)c2)c1. The van der Waals surface area contributed by atoms with Crippen LogP contribution in [-0.2, 0) is 0 Å². The van der Waals surface area contributed by atoms with Crippen molar-refractivity contribution in [3.8, 4) is 0 Å². The number of anilines is 1. The van der Waals surface area contributed by atoms with Gasteiger partial charge < -0.3 is 5.32 Å². The van der Waals surface area contributed by atoms with Gasteiger partial charge in [0, 0.05) is 27.4 Å². The summed E-state index contributed by atoms with van der Waals surface area (Å²) in [6, 6.07) is 16.9. The Morgan fingerprint density at radius 3 is 2.72 bits per heavy atom. The summed E-state index contributed by atoms with van der Waals surface area (Å²) in [5.41, 5.74) is 2.49. The third-order valence-electron chi connectivity index (χ3n) is 2.51. The molecule has 2 aromatic rings. The lowest BCUT2D eigenvalue weighted by molar-refractivity contribution is 1.22. The standard InChI is InChI=1S/C15H16BrNS/c1-12-4-2-6-14(10-12)17-8-9-18-15-7-3-5-13(16)11-15/h2-7,10-11,17H,8-9H2,1H3. The zero-order valence-corrected chi connectivity index (χ0v) is 12.7. The number of hydrogen-bond acceptors (Lipinski definition) is 2. The second kappa shape index (κ2) is 6.86. The summed E-state index contributed by atoms with van der Waals surface area (Å²) < 4.78 is 1.14. The third-order valence-corrected chi connectivity index (χ3v) is 4.00. The highest BCUT2D eigenvalue weighted by molar-refractivity contribution is 9.10. The first-order chi connectivity index (χ1) is 8.74. The lowest BCUT2D eigenvalue weighted by Crippen LogP contribution is -2.03. The lowest BCUT2D eigenvalue weighted by Gasteiger charge is -2.07. The number of benzene rings is 2. The normalized spacial score (nSPS) is 10.3. The number of rotatable bonds is 5. The van der Waals surface area contributed by atoms with E-state index >= 15 is 0 Å². The number of aryl methyl sites for hydroxylation is 1. The lowest BCUT2D eigenvalue weighted by atomic mass is 10.2. The zero-order valence-electron chi connectivity index (χ0n) is 10.3. The molecule has 0 aromatic heterocycles. The molecule has 0 saturated carbocycles. The van der Waals surface area contributed by atoms with Gasteiger partial charge in [-0.15, -0.1) is 11.8 Å². The van der Waals surface area contributed by atoms with Crippen molar-refractivity contribution in [2.75, 3.05) is 17.6 Å². The van der Waals surface area contributed by atoms with Crippen molar-refractivity contribution >= 4 is 33.4 Å². The summed E-state index contributed by atoms with van der Waals surface area (Å²) in [5.74, 6) is 1.06. The molecule has 3 heteroatoms. The molecule has 2 aromatic carbocycles. The van der Waals surface area contributed by atoms with Gasteiger partial charge in [0.2, 0.25) is 0 Å². The van der Waals surface area contributed by atoms with Crippen LogP contribution in [0.3, 0.4) is 0 Å². The van der Waals surface area contributed by atoms with Crippen LogP contribution in [0, 0.1) is 6.92 Å². The van der Waals surface area contributed by atoms with Crippen molar-refractivity contribution in [1.29, 1.82) is 0 Å². The maximum atomic E-state index is 3.49. The summed E-state index contributed by atoms with van der Waals surface area (Å²) in [6.45, 7) is 3.09. The minimum absolute atomic E-state index is 0.973. The van der Waals surface area contributed by atoms with Crippen molar-refractivity contribution in [3.05, 3.63) is 58.6 Å². The maximum absolute atomic E-state index is 3.49. The van der Waals surface area contributed by atoms with Crippen LogP contribution >= 0.6 is 27.7 Å². The average Bonchev–Trinajstić information content (AvgIpc) is 2.35. The van der Waals surface area contributed by atoms with Crippen LogP contribution in [-0.4, -0.2) is 12.3 Å². The Balaban J connectivity index is 1.76. The van der Waals surface area contributed by atoms with Crippen LogP contribution in [0.15, 0.2) is 57.9 Å². The largest absolute Gasteiger partial charge is 0.384 e. The fourth-order valence-corrected chi connectivity index (χ4v) is 3.05. The van der Waals surface area contributed by atoms with Gasteiger partial charge in [-0.05, 0) is 42.8 Å². The smallest absolute Gasteiger partial charge is 0.0343 e. The van der Waals surface area contributed by atoms with E-state index in [1.807, 2.05) is 11.8 Å².